The van der Waals surface area contributed by atoms with E-state index in [1.807, 2.05) is 23.9 Å². The van der Waals surface area contributed by atoms with E-state index in [-0.39, 0.29) is 24.8 Å². The number of carbonyl (C=O) groups is 4. The molecular formula is C24H28N2O6. The van der Waals surface area contributed by atoms with Crippen LogP contribution in [0.15, 0.2) is 48.5 Å². The molecule has 0 aliphatic heterocycles. The molecule has 0 saturated heterocycles. The number of ketones is 2. The average Bonchev–Trinajstić information content (AvgIpc) is 2.84. The third kappa shape index (κ3) is 6.66. The molecule has 2 rings (SSSR count). The van der Waals surface area contributed by atoms with Gasteiger partial charge in [0.1, 0.15) is 0 Å². The van der Waals surface area contributed by atoms with Gasteiger partial charge in [-0.05, 0) is 48.5 Å². The minimum Gasteiger partial charge on any atom is -0.469 e. The topological polar surface area (TPSA) is 93.2 Å². The van der Waals surface area contributed by atoms with E-state index in [9.17, 15) is 19.2 Å². The third-order valence-electron chi connectivity index (χ3n) is 5.10. The number of hydrogen-bond donors (Lipinski definition) is 0. The number of rotatable bonds is 11. The summed E-state index contributed by atoms with van der Waals surface area (Å²) in [5, 5.41) is 0. The number of nitrogens with zero attached hydrogens (tertiary/aromatic N) is 2. The molecule has 0 radical (unpaired) electrons. The van der Waals surface area contributed by atoms with Crippen LogP contribution in [0.2, 0.25) is 0 Å². The van der Waals surface area contributed by atoms with Gasteiger partial charge in [-0.2, -0.15) is 0 Å². The summed E-state index contributed by atoms with van der Waals surface area (Å²) in [7, 11) is 6.34. The molecule has 8 heteroatoms. The molecule has 8 nitrogen and oxygen atoms in total. The van der Waals surface area contributed by atoms with Crippen LogP contribution in [-0.2, 0) is 19.1 Å². The second-order valence-electron chi connectivity index (χ2n) is 7.25. The highest BCUT2D eigenvalue weighted by atomic mass is 16.5. The van der Waals surface area contributed by atoms with Crippen LogP contribution in [0.4, 0.5) is 11.4 Å². The van der Waals surface area contributed by atoms with Gasteiger partial charge >= 0.3 is 11.9 Å². The standard InChI is InChI=1S/C24H28N2O6/c1-25(15-13-21(27)31-3)19-9-5-17(6-10-19)23(29)24(30)18-7-11-20(12-8-18)26(2)16-14-22(28)32-4/h5-12H,13-16H2,1-4H3. The lowest BCUT2D eigenvalue weighted by atomic mass is 10.0. The number of hydrogen-bond acceptors (Lipinski definition) is 8. The molecule has 32 heavy (non-hydrogen) atoms. The summed E-state index contributed by atoms with van der Waals surface area (Å²) < 4.78 is 9.27. The molecule has 0 amide bonds. The quantitative estimate of drug-likeness (QED) is 0.299. The zero-order valence-corrected chi connectivity index (χ0v) is 18.8. The largest absolute Gasteiger partial charge is 0.469 e. The van der Waals surface area contributed by atoms with Gasteiger partial charge in [0, 0.05) is 49.7 Å². The Labute approximate surface area is 187 Å². The summed E-state index contributed by atoms with van der Waals surface area (Å²) in [4.78, 5) is 51.5. The van der Waals surface area contributed by atoms with Gasteiger partial charge in [0.25, 0.3) is 0 Å². The monoisotopic (exact) mass is 440 g/mol. The number of esters is 2. The first-order valence-electron chi connectivity index (χ1n) is 10.1. The van der Waals surface area contributed by atoms with Crippen molar-refractivity contribution in [3.8, 4) is 0 Å². The van der Waals surface area contributed by atoms with Gasteiger partial charge in [0.15, 0.2) is 0 Å². The summed E-state index contributed by atoms with van der Waals surface area (Å²) >= 11 is 0. The molecular weight excluding hydrogens is 412 g/mol. The minimum absolute atomic E-state index is 0.250. The lowest BCUT2D eigenvalue weighted by molar-refractivity contribution is -0.141. The predicted molar refractivity (Wildman–Crippen MR) is 121 cm³/mol. The number of carbonyl (C=O) groups excluding carboxylic acids is 4. The number of methoxy groups -OCH3 is 2. The van der Waals surface area contributed by atoms with Crippen LogP contribution in [0.1, 0.15) is 33.6 Å². The maximum atomic E-state index is 12.6. The molecule has 0 aromatic heterocycles. The molecule has 0 atom stereocenters. The molecule has 0 aliphatic rings. The fourth-order valence-corrected chi connectivity index (χ4v) is 2.98. The number of ether oxygens (including phenoxy) is 2. The molecule has 2 aromatic rings. The van der Waals surface area contributed by atoms with Gasteiger partial charge in [-0.15, -0.1) is 0 Å². The highest BCUT2D eigenvalue weighted by molar-refractivity contribution is 6.49. The van der Waals surface area contributed by atoms with Crippen molar-refractivity contribution in [1.82, 2.24) is 0 Å². The van der Waals surface area contributed by atoms with Crippen molar-refractivity contribution in [3.05, 3.63) is 59.7 Å². The fraction of sp³-hybridized carbons (Fsp3) is 0.333. The van der Waals surface area contributed by atoms with E-state index in [1.54, 1.807) is 48.5 Å². The maximum absolute atomic E-state index is 12.6. The normalized spacial score (nSPS) is 10.2. The first-order valence-corrected chi connectivity index (χ1v) is 10.1. The Morgan fingerprint density at radius 1 is 0.625 bits per heavy atom. The van der Waals surface area contributed by atoms with Gasteiger partial charge in [0.05, 0.1) is 27.1 Å². The van der Waals surface area contributed by atoms with Crippen molar-refractivity contribution in [3.63, 3.8) is 0 Å². The van der Waals surface area contributed by atoms with Crippen LogP contribution in [-0.4, -0.2) is 64.9 Å². The van der Waals surface area contributed by atoms with Gasteiger partial charge in [-0.25, -0.2) is 0 Å². The van der Waals surface area contributed by atoms with Crippen LogP contribution in [0.3, 0.4) is 0 Å². The minimum atomic E-state index is -0.597. The van der Waals surface area contributed by atoms with Gasteiger partial charge in [-0.3, -0.25) is 19.2 Å². The number of benzene rings is 2. The summed E-state index contributed by atoms with van der Waals surface area (Å²) in [5.41, 5.74) is 2.22. The Hall–Kier alpha value is -3.68. The first-order chi connectivity index (χ1) is 15.3. The Kier molecular flexibility index (Phi) is 8.95. The summed E-state index contributed by atoms with van der Waals surface area (Å²) in [5.74, 6) is -1.79. The average molecular weight is 440 g/mol. The zero-order valence-electron chi connectivity index (χ0n) is 18.8. The second kappa shape index (κ2) is 11.6. The van der Waals surface area contributed by atoms with Gasteiger partial charge in [0.2, 0.25) is 11.6 Å². The zero-order chi connectivity index (χ0) is 23.7. The van der Waals surface area contributed by atoms with E-state index in [4.69, 9.17) is 0 Å². The predicted octanol–water partition coefficient (Wildman–Crippen LogP) is 2.75. The summed E-state index contributed by atoms with van der Waals surface area (Å²) in [6.07, 6.45) is 0.500. The van der Waals surface area contributed by atoms with Gasteiger partial charge < -0.3 is 19.3 Å². The van der Waals surface area contributed by atoms with Crippen LogP contribution in [0, 0.1) is 0 Å². The van der Waals surface area contributed by atoms with Crippen molar-refractivity contribution >= 4 is 34.9 Å². The van der Waals surface area contributed by atoms with Crippen molar-refractivity contribution in [2.24, 2.45) is 0 Å². The number of anilines is 2. The highest BCUT2D eigenvalue weighted by Crippen LogP contribution is 2.18. The Morgan fingerprint density at radius 3 is 1.22 bits per heavy atom. The molecule has 0 unspecified atom stereocenters. The van der Waals surface area contributed by atoms with Crippen LogP contribution in [0.5, 0.6) is 0 Å². The smallest absolute Gasteiger partial charge is 0.307 e. The molecule has 0 bridgehead atoms. The summed E-state index contributed by atoms with van der Waals surface area (Å²) in [6, 6.07) is 13.3. The summed E-state index contributed by atoms with van der Waals surface area (Å²) in [6.45, 7) is 0.943. The first kappa shape index (κ1) is 24.6. The van der Waals surface area contributed by atoms with Crippen LogP contribution < -0.4 is 9.80 Å². The van der Waals surface area contributed by atoms with Crippen molar-refractivity contribution in [2.45, 2.75) is 12.8 Å². The molecule has 0 fully saturated rings. The second-order valence-corrected chi connectivity index (χ2v) is 7.25. The van der Waals surface area contributed by atoms with E-state index >= 15 is 0 Å². The molecule has 2 aromatic carbocycles. The highest BCUT2D eigenvalue weighted by Gasteiger charge is 2.19. The van der Waals surface area contributed by atoms with Crippen molar-refractivity contribution < 1.29 is 28.7 Å². The molecule has 0 spiro atoms. The molecule has 170 valence electrons. The van der Waals surface area contributed by atoms with Gasteiger partial charge in [-0.1, -0.05) is 0 Å². The van der Waals surface area contributed by atoms with E-state index < -0.39 is 11.6 Å². The Bertz CT molecular complexity index is 874. The Morgan fingerprint density at radius 2 is 0.938 bits per heavy atom. The molecule has 0 saturated carbocycles. The SMILES string of the molecule is COC(=O)CCN(C)c1ccc(C(=O)C(=O)c2ccc(N(C)CCC(=O)OC)cc2)cc1. The Balaban J connectivity index is 2.00. The maximum Gasteiger partial charge on any atom is 0.307 e. The molecule has 0 aliphatic carbocycles. The fourth-order valence-electron chi connectivity index (χ4n) is 2.98. The lowest BCUT2D eigenvalue weighted by Gasteiger charge is -2.19. The molecule has 0 N–H and O–H groups in total. The molecule has 0 heterocycles. The third-order valence-corrected chi connectivity index (χ3v) is 5.10. The lowest BCUT2D eigenvalue weighted by Crippen LogP contribution is -2.22. The van der Waals surface area contributed by atoms with Crippen LogP contribution >= 0.6 is 0 Å². The van der Waals surface area contributed by atoms with E-state index in [0.717, 1.165) is 11.4 Å². The van der Waals surface area contributed by atoms with Crippen molar-refractivity contribution in [1.29, 1.82) is 0 Å². The van der Waals surface area contributed by atoms with E-state index in [0.29, 0.717) is 24.2 Å². The number of Topliss-reactive ketones (excluding diaryl/α,β-unsaturated/α-hetero) is 2. The van der Waals surface area contributed by atoms with Crippen molar-refractivity contribution in [2.75, 3.05) is 51.2 Å². The van der Waals surface area contributed by atoms with E-state index in [1.165, 1.54) is 14.2 Å². The van der Waals surface area contributed by atoms with Crippen LogP contribution in [0.25, 0.3) is 0 Å². The van der Waals surface area contributed by atoms with E-state index in [2.05, 4.69) is 9.47 Å².